The number of benzene rings is 1. The van der Waals surface area contributed by atoms with Gasteiger partial charge in [-0.25, -0.2) is 0 Å². The molecule has 2 heterocycles. The summed E-state index contributed by atoms with van der Waals surface area (Å²) in [5.74, 6) is -0.837. The number of carbonyl (C=O) groups excluding carboxylic acids is 3. The molecule has 1 aromatic carbocycles. The van der Waals surface area contributed by atoms with Crippen LogP contribution >= 0.6 is 11.6 Å². The largest absolute Gasteiger partial charge is 0.395 e. The third kappa shape index (κ3) is 4.54. The first-order valence-electron chi connectivity index (χ1n) is 9.60. The molecule has 2 aliphatic rings. The summed E-state index contributed by atoms with van der Waals surface area (Å²) < 4.78 is 0. The van der Waals surface area contributed by atoms with E-state index in [2.05, 4.69) is 10.2 Å². The van der Waals surface area contributed by atoms with Crippen LogP contribution in [0, 0.1) is 5.92 Å². The van der Waals surface area contributed by atoms with Crippen LogP contribution in [0.3, 0.4) is 0 Å². The second-order valence-electron chi connectivity index (χ2n) is 7.33. The van der Waals surface area contributed by atoms with Crippen LogP contribution in [0.2, 0.25) is 5.02 Å². The van der Waals surface area contributed by atoms with Gasteiger partial charge in [0, 0.05) is 43.2 Å². The Kier molecular flexibility index (Phi) is 6.44. The highest BCUT2D eigenvalue weighted by atomic mass is 35.5. The lowest BCUT2D eigenvalue weighted by atomic mass is 10.1. The fraction of sp³-hybridized carbons (Fsp3) is 0.450. The number of anilines is 2. The van der Waals surface area contributed by atoms with Crippen molar-refractivity contribution in [3.05, 3.63) is 35.0 Å². The van der Waals surface area contributed by atoms with Crippen LogP contribution in [-0.2, 0) is 14.4 Å². The van der Waals surface area contributed by atoms with Crippen LogP contribution in [-0.4, -0.2) is 72.0 Å². The van der Waals surface area contributed by atoms with Crippen molar-refractivity contribution < 1.29 is 19.5 Å². The highest BCUT2D eigenvalue weighted by Gasteiger charge is 2.31. The van der Waals surface area contributed by atoms with Gasteiger partial charge in [0.15, 0.2) is 0 Å². The highest BCUT2D eigenvalue weighted by Crippen LogP contribution is 2.32. The zero-order valence-electron chi connectivity index (χ0n) is 16.5. The van der Waals surface area contributed by atoms with E-state index in [1.165, 1.54) is 6.08 Å². The molecule has 0 aliphatic carbocycles. The number of carbonyl (C=O) groups is 3. The van der Waals surface area contributed by atoms with Gasteiger partial charge in [-0.1, -0.05) is 25.4 Å². The Morgan fingerprint density at radius 2 is 1.90 bits per heavy atom. The first-order valence-corrected chi connectivity index (χ1v) is 9.98. The van der Waals surface area contributed by atoms with Crippen molar-refractivity contribution in [2.45, 2.75) is 13.8 Å². The number of aliphatic hydroxyl groups excluding tert-OH is 1. The first kappa shape index (κ1) is 21.1. The highest BCUT2D eigenvalue weighted by molar-refractivity contribution is 6.31. The fourth-order valence-electron chi connectivity index (χ4n) is 3.47. The number of nitrogens with zero attached hydrogens (tertiary/aromatic N) is 3. The Bertz CT molecular complexity index is 847. The number of hydrogen-bond acceptors (Lipinski definition) is 6. The van der Waals surface area contributed by atoms with Gasteiger partial charge in [-0.15, -0.1) is 0 Å². The number of piperazine rings is 1. The standard InChI is InChI=1S/C20H25ClN4O4/c1-13(2)19(28)24-7-5-23(6-8-24)17-4-3-14(21)11-15(17)22-16-12-18(27)25(9-10-26)20(16)29/h3-4,11-13,22,26H,5-10H2,1-2H3. The quantitative estimate of drug-likeness (QED) is 0.674. The normalized spacial score (nSPS) is 17.3. The molecule has 29 heavy (non-hydrogen) atoms. The minimum absolute atomic E-state index is 0.0333. The molecule has 0 saturated carbocycles. The zero-order chi connectivity index (χ0) is 21.1. The minimum Gasteiger partial charge on any atom is -0.395 e. The first-order chi connectivity index (χ1) is 13.8. The summed E-state index contributed by atoms with van der Waals surface area (Å²) in [6.45, 7) is 5.98. The molecule has 1 fully saturated rings. The third-order valence-electron chi connectivity index (χ3n) is 4.99. The van der Waals surface area contributed by atoms with Gasteiger partial charge in [-0.2, -0.15) is 0 Å². The Hall–Kier alpha value is -2.58. The maximum Gasteiger partial charge on any atom is 0.277 e. The molecular weight excluding hydrogens is 396 g/mol. The maximum absolute atomic E-state index is 12.4. The number of imide groups is 1. The lowest BCUT2D eigenvalue weighted by molar-refractivity contribution is -0.138. The predicted molar refractivity (Wildman–Crippen MR) is 111 cm³/mol. The van der Waals surface area contributed by atoms with E-state index >= 15 is 0 Å². The van der Waals surface area contributed by atoms with Crippen LogP contribution in [0.5, 0.6) is 0 Å². The van der Waals surface area contributed by atoms with E-state index < -0.39 is 11.8 Å². The number of β-amino-alcohol motifs (C(OH)–C–C–N with tert-alkyl or cyclic N) is 1. The van der Waals surface area contributed by atoms with Gasteiger partial charge in [0.2, 0.25) is 5.91 Å². The Morgan fingerprint density at radius 1 is 1.21 bits per heavy atom. The second-order valence-corrected chi connectivity index (χ2v) is 7.77. The fourth-order valence-corrected chi connectivity index (χ4v) is 3.64. The van der Waals surface area contributed by atoms with Gasteiger partial charge < -0.3 is 20.2 Å². The van der Waals surface area contributed by atoms with E-state index in [-0.39, 0.29) is 30.7 Å². The van der Waals surface area contributed by atoms with Gasteiger partial charge in [0.05, 0.1) is 24.5 Å². The number of amides is 3. The van der Waals surface area contributed by atoms with Crippen LogP contribution in [0.4, 0.5) is 11.4 Å². The summed E-state index contributed by atoms with van der Waals surface area (Å²) in [6, 6.07) is 5.33. The van der Waals surface area contributed by atoms with Gasteiger partial charge in [0.1, 0.15) is 5.70 Å². The number of nitrogens with one attached hydrogen (secondary N) is 1. The summed E-state index contributed by atoms with van der Waals surface area (Å²) in [6.07, 6.45) is 1.22. The van der Waals surface area contributed by atoms with Crippen molar-refractivity contribution in [1.29, 1.82) is 0 Å². The van der Waals surface area contributed by atoms with Crippen molar-refractivity contribution in [3.8, 4) is 0 Å². The van der Waals surface area contributed by atoms with Gasteiger partial charge in [-0.3, -0.25) is 19.3 Å². The number of halogens is 1. The van der Waals surface area contributed by atoms with E-state index in [1.54, 1.807) is 12.1 Å². The minimum atomic E-state index is -0.484. The maximum atomic E-state index is 12.4. The molecule has 0 aromatic heterocycles. The van der Waals surface area contributed by atoms with Crippen LogP contribution in [0.1, 0.15) is 13.8 Å². The van der Waals surface area contributed by atoms with E-state index in [0.717, 1.165) is 10.6 Å². The van der Waals surface area contributed by atoms with Gasteiger partial charge in [-0.05, 0) is 18.2 Å². The Labute approximate surface area is 174 Å². The molecule has 1 aromatic rings. The van der Waals surface area contributed by atoms with Crippen molar-refractivity contribution in [3.63, 3.8) is 0 Å². The average Bonchev–Trinajstić information content (AvgIpc) is 2.95. The zero-order valence-corrected chi connectivity index (χ0v) is 17.3. The lowest BCUT2D eigenvalue weighted by Gasteiger charge is -2.37. The molecule has 2 N–H and O–H groups in total. The van der Waals surface area contributed by atoms with Crippen LogP contribution in [0.25, 0.3) is 0 Å². The molecule has 0 atom stereocenters. The van der Waals surface area contributed by atoms with Crippen molar-refractivity contribution >= 4 is 40.7 Å². The smallest absolute Gasteiger partial charge is 0.277 e. The second kappa shape index (κ2) is 8.84. The molecule has 156 valence electrons. The van der Waals surface area contributed by atoms with Crippen molar-refractivity contribution in [2.24, 2.45) is 5.92 Å². The molecule has 9 heteroatoms. The predicted octanol–water partition coefficient (Wildman–Crippen LogP) is 1.30. The Balaban J connectivity index is 1.76. The monoisotopic (exact) mass is 420 g/mol. The van der Waals surface area contributed by atoms with Crippen LogP contribution < -0.4 is 10.2 Å². The molecule has 8 nitrogen and oxygen atoms in total. The molecule has 3 amide bonds. The summed E-state index contributed by atoms with van der Waals surface area (Å²) in [5.41, 5.74) is 1.59. The molecule has 0 spiro atoms. The summed E-state index contributed by atoms with van der Waals surface area (Å²) >= 11 is 6.16. The molecule has 0 radical (unpaired) electrons. The number of aliphatic hydroxyl groups is 1. The molecule has 3 rings (SSSR count). The van der Waals surface area contributed by atoms with Gasteiger partial charge in [0.25, 0.3) is 11.8 Å². The number of rotatable bonds is 6. The van der Waals surface area contributed by atoms with Crippen LogP contribution in [0.15, 0.2) is 30.0 Å². The van der Waals surface area contributed by atoms with E-state index in [0.29, 0.717) is 36.9 Å². The Morgan fingerprint density at radius 3 is 2.52 bits per heavy atom. The summed E-state index contributed by atoms with van der Waals surface area (Å²) in [5, 5.41) is 12.6. The van der Waals surface area contributed by atoms with Crippen molar-refractivity contribution in [2.75, 3.05) is 49.5 Å². The molecule has 0 unspecified atom stereocenters. The van der Waals surface area contributed by atoms with E-state index in [1.807, 2.05) is 24.8 Å². The molecular formula is C20H25ClN4O4. The number of hydrogen-bond donors (Lipinski definition) is 2. The van der Waals surface area contributed by atoms with E-state index in [9.17, 15) is 14.4 Å². The topological polar surface area (TPSA) is 93.2 Å². The SMILES string of the molecule is CC(C)C(=O)N1CCN(c2ccc(Cl)cc2NC2=CC(=O)N(CCO)C2=O)CC1. The van der Waals surface area contributed by atoms with E-state index in [4.69, 9.17) is 16.7 Å². The average molecular weight is 421 g/mol. The third-order valence-corrected chi connectivity index (χ3v) is 5.22. The molecule has 0 bridgehead atoms. The summed E-state index contributed by atoms with van der Waals surface area (Å²) in [7, 11) is 0. The van der Waals surface area contributed by atoms with Gasteiger partial charge >= 0.3 is 0 Å². The molecule has 2 aliphatic heterocycles. The molecule has 1 saturated heterocycles. The lowest BCUT2D eigenvalue weighted by Crippen LogP contribution is -2.50. The summed E-state index contributed by atoms with van der Waals surface area (Å²) in [4.78, 5) is 41.6. The van der Waals surface area contributed by atoms with Crippen molar-refractivity contribution in [1.82, 2.24) is 9.80 Å².